The van der Waals surface area contributed by atoms with Gasteiger partial charge in [0.1, 0.15) is 0 Å². The highest BCUT2D eigenvalue weighted by Gasteiger charge is 2.30. The summed E-state index contributed by atoms with van der Waals surface area (Å²) in [5.41, 5.74) is -0.352. The molecule has 6 nitrogen and oxygen atoms in total. The molecule has 0 saturated carbocycles. The maximum Gasteiger partial charge on any atom is 0.416 e. The number of methoxy groups -OCH3 is 2. The summed E-state index contributed by atoms with van der Waals surface area (Å²) in [4.78, 5) is 24.8. The SMILES string of the molecule is COc1ccc(NC(=O)c2ccc(=O)n(Cc3cccc(C(F)(F)F)c3)c2)cc1OC. The lowest BCUT2D eigenvalue weighted by molar-refractivity contribution is -0.137. The van der Waals surface area contributed by atoms with E-state index in [2.05, 4.69) is 5.32 Å². The van der Waals surface area contributed by atoms with Crippen LogP contribution in [0.4, 0.5) is 18.9 Å². The van der Waals surface area contributed by atoms with E-state index in [9.17, 15) is 22.8 Å². The van der Waals surface area contributed by atoms with Gasteiger partial charge in [-0.15, -0.1) is 0 Å². The highest BCUT2D eigenvalue weighted by Crippen LogP contribution is 2.30. The molecule has 31 heavy (non-hydrogen) atoms. The molecule has 1 heterocycles. The largest absolute Gasteiger partial charge is 0.493 e. The number of halogens is 3. The van der Waals surface area contributed by atoms with E-state index in [4.69, 9.17) is 9.47 Å². The van der Waals surface area contributed by atoms with Crippen LogP contribution in [0.25, 0.3) is 0 Å². The van der Waals surface area contributed by atoms with Crippen molar-refractivity contribution in [1.29, 1.82) is 0 Å². The van der Waals surface area contributed by atoms with Gasteiger partial charge in [-0.2, -0.15) is 13.2 Å². The number of anilines is 1. The van der Waals surface area contributed by atoms with E-state index in [1.54, 1.807) is 18.2 Å². The Morgan fingerprint density at radius 3 is 2.42 bits per heavy atom. The third-order valence-electron chi connectivity index (χ3n) is 4.49. The van der Waals surface area contributed by atoms with Crippen LogP contribution in [-0.4, -0.2) is 24.7 Å². The van der Waals surface area contributed by atoms with Crippen molar-refractivity contribution in [3.63, 3.8) is 0 Å². The van der Waals surface area contributed by atoms with Crippen LogP contribution in [0.15, 0.2) is 65.6 Å². The van der Waals surface area contributed by atoms with E-state index >= 15 is 0 Å². The molecular weight excluding hydrogens is 413 g/mol. The summed E-state index contributed by atoms with van der Waals surface area (Å²) in [5.74, 6) is 0.426. The van der Waals surface area contributed by atoms with Crippen molar-refractivity contribution in [2.75, 3.05) is 19.5 Å². The van der Waals surface area contributed by atoms with Gasteiger partial charge in [-0.05, 0) is 35.9 Å². The van der Waals surface area contributed by atoms with E-state index in [0.717, 1.165) is 12.1 Å². The second kappa shape index (κ2) is 8.95. The minimum Gasteiger partial charge on any atom is -0.493 e. The number of aromatic nitrogens is 1. The summed E-state index contributed by atoms with van der Waals surface area (Å²) < 4.78 is 50.3. The maximum atomic E-state index is 12.9. The molecule has 9 heteroatoms. The summed E-state index contributed by atoms with van der Waals surface area (Å²) in [6.45, 7) is -0.111. The Morgan fingerprint density at radius 1 is 1.00 bits per heavy atom. The summed E-state index contributed by atoms with van der Waals surface area (Å²) >= 11 is 0. The molecule has 0 aliphatic carbocycles. The van der Waals surface area contributed by atoms with Crippen LogP contribution in [0.5, 0.6) is 11.5 Å². The Bertz CT molecular complexity index is 1160. The van der Waals surface area contributed by atoms with Crippen LogP contribution in [0.3, 0.4) is 0 Å². The first kappa shape index (κ1) is 21.9. The quantitative estimate of drug-likeness (QED) is 0.634. The van der Waals surface area contributed by atoms with Crippen LogP contribution in [0, 0.1) is 0 Å². The van der Waals surface area contributed by atoms with Gasteiger partial charge < -0.3 is 19.4 Å². The first-order valence-corrected chi connectivity index (χ1v) is 9.11. The average Bonchev–Trinajstić information content (AvgIpc) is 2.74. The average molecular weight is 432 g/mol. The molecule has 0 aliphatic heterocycles. The predicted octanol–water partition coefficient (Wildman–Crippen LogP) is 4.18. The van der Waals surface area contributed by atoms with Gasteiger partial charge in [-0.25, -0.2) is 0 Å². The number of carbonyl (C=O) groups excluding carboxylic acids is 1. The minimum absolute atomic E-state index is 0.111. The summed E-state index contributed by atoms with van der Waals surface area (Å²) in [7, 11) is 2.96. The molecule has 1 N–H and O–H groups in total. The van der Waals surface area contributed by atoms with Gasteiger partial charge in [0.2, 0.25) is 0 Å². The van der Waals surface area contributed by atoms with Crippen LogP contribution < -0.4 is 20.3 Å². The first-order chi connectivity index (χ1) is 14.7. The monoisotopic (exact) mass is 432 g/mol. The lowest BCUT2D eigenvalue weighted by atomic mass is 10.1. The number of amides is 1. The second-order valence-corrected chi connectivity index (χ2v) is 6.61. The number of alkyl halides is 3. The number of ether oxygens (including phenoxy) is 2. The van der Waals surface area contributed by atoms with E-state index < -0.39 is 23.2 Å². The Labute approximate surface area is 175 Å². The molecule has 1 aromatic heterocycles. The number of benzene rings is 2. The molecule has 0 spiro atoms. The van der Waals surface area contributed by atoms with E-state index in [-0.39, 0.29) is 17.7 Å². The lowest BCUT2D eigenvalue weighted by Crippen LogP contribution is -2.22. The fourth-order valence-electron chi connectivity index (χ4n) is 2.95. The van der Waals surface area contributed by atoms with Gasteiger partial charge >= 0.3 is 6.18 Å². The molecule has 3 aromatic rings. The topological polar surface area (TPSA) is 69.6 Å². The molecule has 162 valence electrons. The second-order valence-electron chi connectivity index (χ2n) is 6.61. The van der Waals surface area contributed by atoms with E-state index in [1.165, 1.54) is 49.2 Å². The van der Waals surface area contributed by atoms with Crippen molar-refractivity contribution in [3.8, 4) is 11.5 Å². The first-order valence-electron chi connectivity index (χ1n) is 9.11. The molecule has 2 aromatic carbocycles. The third-order valence-corrected chi connectivity index (χ3v) is 4.49. The summed E-state index contributed by atoms with van der Waals surface area (Å²) in [6.07, 6.45) is -3.18. The van der Waals surface area contributed by atoms with Crippen molar-refractivity contribution in [3.05, 3.63) is 87.8 Å². The molecular formula is C22H19F3N2O4. The summed E-state index contributed by atoms with van der Waals surface area (Å²) in [6, 6.07) is 12.1. The normalized spacial score (nSPS) is 11.1. The molecule has 0 saturated heterocycles. The van der Waals surface area contributed by atoms with Crippen molar-refractivity contribution in [1.82, 2.24) is 4.57 Å². The fourth-order valence-corrected chi connectivity index (χ4v) is 2.95. The molecule has 0 aliphatic rings. The maximum absolute atomic E-state index is 12.9. The Hall–Kier alpha value is -3.75. The fraction of sp³-hybridized carbons (Fsp3) is 0.182. The summed E-state index contributed by atoms with van der Waals surface area (Å²) in [5, 5.41) is 2.69. The van der Waals surface area contributed by atoms with Crippen molar-refractivity contribution < 1.29 is 27.4 Å². The number of hydrogen-bond donors (Lipinski definition) is 1. The van der Waals surface area contributed by atoms with Crippen LogP contribution >= 0.6 is 0 Å². The van der Waals surface area contributed by atoms with Crippen LogP contribution in [0.1, 0.15) is 21.5 Å². The Balaban J connectivity index is 1.82. The zero-order chi connectivity index (χ0) is 22.6. The number of nitrogens with zero attached hydrogens (tertiary/aromatic N) is 1. The Kier molecular flexibility index (Phi) is 6.33. The smallest absolute Gasteiger partial charge is 0.416 e. The molecule has 0 bridgehead atoms. The number of pyridine rings is 1. The molecule has 0 fully saturated rings. The zero-order valence-corrected chi connectivity index (χ0v) is 16.7. The molecule has 1 amide bonds. The third kappa shape index (κ3) is 5.25. The Morgan fingerprint density at radius 2 is 1.74 bits per heavy atom. The van der Waals surface area contributed by atoms with Crippen molar-refractivity contribution >= 4 is 11.6 Å². The highest BCUT2D eigenvalue weighted by molar-refractivity contribution is 6.04. The lowest BCUT2D eigenvalue weighted by Gasteiger charge is -2.12. The van der Waals surface area contributed by atoms with Gasteiger partial charge in [0.15, 0.2) is 11.5 Å². The molecule has 0 unspecified atom stereocenters. The molecule has 0 atom stereocenters. The standard InChI is InChI=1S/C22H19F3N2O4/c1-30-18-8-7-17(11-19(18)31-2)26-21(29)15-6-9-20(28)27(13-15)12-14-4-3-5-16(10-14)22(23,24)25/h3-11,13H,12H2,1-2H3,(H,26,29). The zero-order valence-electron chi connectivity index (χ0n) is 16.7. The molecule has 0 radical (unpaired) electrons. The van der Waals surface area contributed by atoms with Gasteiger partial charge in [0.25, 0.3) is 11.5 Å². The predicted molar refractivity (Wildman–Crippen MR) is 109 cm³/mol. The van der Waals surface area contributed by atoms with Crippen molar-refractivity contribution in [2.24, 2.45) is 0 Å². The number of rotatable bonds is 6. The van der Waals surface area contributed by atoms with E-state index in [1.807, 2.05) is 0 Å². The van der Waals surface area contributed by atoms with Crippen molar-refractivity contribution in [2.45, 2.75) is 12.7 Å². The van der Waals surface area contributed by atoms with Gasteiger partial charge in [-0.1, -0.05) is 12.1 Å². The van der Waals surface area contributed by atoms with Gasteiger partial charge in [0, 0.05) is 24.0 Å². The van der Waals surface area contributed by atoms with Crippen LogP contribution in [0.2, 0.25) is 0 Å². The van der Waals surface area contributed by atoms with Gasteiger partial charge in [-0.3, -0.25) is 9.59 Å². The highest BCUT2D eigenvalue weighted by atomic mass is 19.4. The van der Waals surface area contributed by atoms with E-state index in [0.29, 0.717) is 17.2 Å². The molecule has 3 rings (SSSR count). The number of hydrogen-bond acceptors (Lipinski definition) is 4. The van der Waals surface area contributed by atoms with Gasteiger partial charge in [0.05, 0.1) is 31.9 Å². The minimum atomic E-state index is -4.48. The number of nitrogens with one attached hydrogen (secondary N) is 1. The van der Waals surface area contributed by atoms with Crippen LogP contribution in [-0.2, 0) is 12.7 Å². The number of carbonyl (C=O) groups is 1.